The number of hydrogen-bond donors (Lipinski definition) is 2. The lowest BCUT2D eigenvalue weighted by molar-refractivity contribution is -0.133. The predicted octanol–water partition coefficient (Wildman–Crippen LogP) is 8.44. The van der Waals surface area contributed by atoms with Crippen molar-refractivity contribution in [1.82, 2.24) is 4.57 Å². The van der Waals surface area contributed by atoms with Crippen molar-refractivity contribution in [3.63, 3.8) is 0 Å². The highest BCUT2D eigenvalue weighted by atomic mass is 32.1. The molecule has 212 valence electrons. The highest BCUT2D eigenvalue weighted by molar-refractivity contribution is 7.24. The highest BCUT2D eigenvalue weighted by Crippen LogP contribution is 2.40. The molecule has 9 heteroatoms. The summed E-state index contributed by atoms with van der Waals surface area (Å²) in [6.45, 7) is 0. The van der Waals surface area contributed by atoms with Gasteiger partial charge in [0.2, 0.25) is 0 Å². The van der Waals surface area contributed by atoms with Gasteiger partial charge in [0.1, 0.15) is 23.3 Å². The summed E-state index contributed by atoms with van der Waals surface area (Å²) in [4.78, 5) is 26.2. The number of thiophene rings is 2. The summed E-state index contributed by atoms with van der Waals surface area (Å²) in [7, 11) is 2.05. The van der Waals surface area contributed by atoms with E-state index in [2.05, 4.69) is 60.1 Å². The van der Waals surface area contributed by atoms with Gasteiger partial charge in [-0.25, -0.2) is 9.59 Å². The van der Waals surface area contributed by atoms with Crippen molar-refractivity contribution in [3.05, 3.63) is 107 Å². The van der Waals surface area contributed by atoms with Crippen molar-refractivity contribution in [2.24, 2.45) is 7.05 Å². The van der Waals surface area contributed by atoms with Crippen LogP contribution in [0.25, 0.3) is 65.3 Å². The standard InChI is InChI=1S/C35H21N3O4S2/c1-38-29-9-6-22(21-4-2-20(3-5-21)14-24(18-36)34(39)40)16-27(29)28-17-23(7-10-30(28)38)31-12-13-33(44-31)32-11-8-26(43-32)15-25(19-37)35(41)42/h2-17H,1H3,(H,39,40)(H,41,42)/b24-14-,25-15-. The second kappa shape index (κ2) is 11.5. The molecule has 3 aromatic carbocycles. The van der Waals surface area contributed by atoms with Gasteiger partial charge in [0.05, 0.1) is 0 Å². The Morgan fingerprint density at radius 2 is 1.18 bits per heavy atom. The fraction of sp³-hybridized carbons (Fsp3) is 0.0286. The lowest BCUT2D eigenvalue weighted by Crippen LogP contribution is -1.97. The number of nitriles is 2. The van der Waals surface area contributed by atoms with Gasteiger partial charge in [-0.05, 0) is 82.9 Å². The van der Waals surface area contributed by atoms with Crippen LogP contribution in [0.4, 0.5) is 0 Å². The van der Waals surface area contributed by atoms with Gasteiger partial charge in [-0.15, -0.1) is 22.7 Å². The number of carbonyl (C=O) groups is 2. The molecule has 7 nitrogen and oxygen atoms in total. The smallest absolute Gasteiger partial charge is 0.346 e. The molecule has 6 rings (SSSR count). The van der Waals surface area contributed by atoms with Gasteiger partial charge in [0.25, 0.3) is 0 Å². The minimum Gasteiger partial charge on any atom is -0.477 e. The topological polar surface area (TPSA) is 127 Å². The molecule has 0 amide bonds. The first-order valence-corrected chi connectivity index (χ1v) is 14.9. The van der Waals surface area contributed by atoms with Crippen LogP contribution < -0.4 is 0 Å². The molecule has 0 aliphatic heterocycles. The van der Waals surface area contributed by atoms with E-state index in [4.69, 9.17) is 20.7 Å². The van der Waals surface area contributed by atoms with E-state index in [-0.39, 0.29) is 11.1 Å². The average molecular weight is 612 g/mol. The zero-order valence-corrected chi connectivity index (χ0v) is 24.7. The largest absolute Gasteiger partial charge is 0.477 e. The predicted molar refractivity (Wildman–Crippen MR) is 175 cm³/mol. The Morgan fingerprint density at radius 3 is 1.82 bits per heavy atom. The normalized spacial score (nSPS) is 11.9. The van der Waals surface area contributed by atoms with Crippen LogP contribution in [0, 0.1) is 22.7 Å². The molecule has 0 spiro atoms. The van der Waals surface area contributed by atoms with E-state index in [1.165, 1.54) is 23.5 Å². The third-order valence-corrected chi connectivity index (χ3v) is 9.67. The Kier molecular flexibility index (Phi) is 7.42. The molecular formula is C35H21N3O4S2. The van der Waals surface area contributed by atoms with E-state index in [0.29, 0.717) is 10.4 Å². The molecule has 2 N–H and O–H groups in total. The SMILES string of the molecule is Cn1c2ccc(-c3ccc(/C=C(/C#N)C(=O)O)cc3)cc2c2cc(-c3ccc(-c4ccc(/C=C(/C#N)C(=O)O)s4)s3)ccc21. The van der Waals surface area contributed by atoms with Crippen LogP contribution in [-0.2, 0) is 16.6 Å². The summed E-state index contributed by atoms with van der Waals surface area (Å²) >= 11 is 3.09. The van der Waals surface area contributed by atoms with Crippen LogP contribution in [0.2, 0.25) is 0 Å². The fourth-order valence-electron chi connectivity index (χ4n) is 5.10. The van der Waals surface area contributed by atoms with E-state index >= 15 is 0 Å². The summed E-state index contributed by atoms with van der Waals surface area (Å²) < 4.78 is 2.18. The number of benzene rings is 3. The molecule has 6 aromatic rings. The maximum atomic E-state index is 11.2. The van der Waals surface area contributed by atoms with Gasteiger partial charge in [0.15, 0.2) is 0 Å². The Labute approximate surface area is 259 Å². The van der Waals surface area contributed by atoms with E-state index in [0.717, 1.165) is 53.1 Å². The number of nitrogens with zero attached hydrogens (tertiary/aromatic N) is 3. The first-order valence-electron chi connectivity index (χ1n) is 13.3. The van der Waals surface area contributed by atoms with Gasteiger partial charge in [-0.3, -0.25) is 0 Å². The second-order valence-corrected chi connectivity index (χ2v) is 12.2. The Bertz CT molecular complexity index is 2270. The van der Waals surface area contributed by atoms with Crippen molar-refractivity contribution in [2.75, 3.05) is 0 Å². The van der Waals surface area contributed by atoms with Crippen molar-refractivity contribution in [2.45, 2.75) is 0 Å². The van der Waals surface area contributed by atoms with Crippen molar-refractivity contribution < 1.29 is 19.8 Å². The van der Waals surface area contributed by atoms with Gasteiger partial charge in [-0.2, -0.15) is 10.5 Å². The quantitative estimate of drug-likeness (QED) is 0.138. The number of aryl methyl sites for hydroxylation is 1. The number of carboxylic acids is 2. The first-order chi connectivity index (χ1) is 21.2. The molecule has 0 atom stereocenters. The van der Waals surface area contributed by atoms with Gasteiger partial charge >= 0.3 is 11.9 Å². The molecule has 0 saturated heterocycles. The Hall–Kier alpha value is -5.74. The van der Waals surface area contributed by atoms with Crippen molar-refractivity contribution in [3.8, 4) is 43.5 Å². The molecule has 0 fully saturated rings. The van der Waals surface area contributed by atoms with Crippen LogP contribution in [0.5, 0.6) is 0 Å². The molecule has 0 radical (unpaired) electrons. The number of aromatic nitrogens is 1. The minimum absolute atomic E-state index is 0.295. The maximum absolute atomic E-state index is 11.2. The lowest BCUT2D eigenvalue weighted by Gasteiger charge is -2.04. The fourth-order valence-corrected chi connectivity index (χ4v) is 7.15. The molecule has 0 aliphatic carbocycles. The molecule has 0 bridgehead atoms. The average Bonchev–Trinajstić information content (AvgIpc) is 3.77. The third-order valence-electron chi connectivity index (χ3n) is 7.31. The van der Waals surface area contributed by atoms with Crippen LogP contribution >= 0.6 is 22.7 Å². The third kappa shape index (κ3) is 5.30. The molecule has 0 saturated carbocycles. The summed E-state index contributed by atoms with van der Waals surface area (Å²) in [5.41, 5.74) is 5.33. The number of aliphatic carboxylic acids is 2. The molecule has 3 aromatic heterocycles. The monoisotopic (exact) mass is 611 g/mol. The zero-order valence-electron chi connectivity index (χ0n) is 23.1. The summed E-state index contributed by atoms with van der Waals surface area (Å²) in [5, 5.41) is 38.6. The zero-order chi connectivity index (χ0) is 31.0. The van der Waals surface area contributed by atoms with E-state index in [9.17, 15) is 9.59 Å². The second-order valence-electron chi connectivity index (χ2n) is 9.96. The van der Waals surface area contributed by atoms with Gasteiger partial charge in [-0.1, -0.05) is 36.4 Å². The minimum atomic E-state index is -1.25. The number of carboxylic acid groups (broad SMARTS) is 2. The van der Waals surface area contributed by atoms with Crippen molar-refractivity contribution >= 4 is 68.6 Å². The molecule has 0 aliphatic rings. The maximum Gasteiger partial charge on any atom is 0.346 e. The van der Waals surface area contributed by atoms with E-state index in [1.807, 2.05) is 24.3 Å². The summed E-state index contributed by atoms with van der Waals surface area (Å²) in [5.74, 6) is -2.49. The van der Waals surface area contributed by atoms with Gasteiger partial charge < -0.3 is 14.8 Å². The van der Waals surface area contributed by atoms with Crippen LogP contribution in [0.15, 0.2) is 96.1 Å². The first kappa shape index (κ1) is 28.4. The Morgan fingerprint density at radius 1 is 0.659 bits per heavy atom. The van der Waals surface area contributed by atoms with E-state index in [1.54, 1.807) is 35.6 Å². The van der Waals surface area contributed by atoms with Gasteiger partial charge in [0, 0.05) is 48.4 Å². The summed E-state index contributed by atoms with van der Waals surface area (Å²) in [6.07, 6.45) is 2.75. The highest BCUT2D eigenvalue weighted by Gasteiger charge is 2.14. The van der Waals surface area contributed by atoms with E-state index < -0.39 is 11.9 Å². The number of hydrogen-bond acceptors (Lipinski definition) is 6. The molecule has 0 unspecified atom stereocenters. The lowest BCUT2D eigenvalue weighted by atomic mass is 10.0. The summed E-state index contributed by atoms with van der Waals surface area (Å²) in [6, 6.07) is 31.6. The number of fused-ring (bicyclic) bond motifs is 3. The number of rotatable bonds is 7. The van der Waals surface area contributed by atoms with Crippen LogP contribution in [-0.4, -0.2) is 26.7 Å². The molecule has 3 heterocycles. The van der Waals surface area contributed by atoms with Crippen LogP contribution in [0.3, 0.4) is 0 Å². The Balaban J connectivity index is 1.34. The van der Waals surface area contributed by atoms with Crippen LogP contribution in [0.1, 0.15) is 10.4 Å². The van der Waals surface area contributed by atoms with Crippen molar-refractivity contribution in [1.29, 1.82) is 10.5 Å². The molecule has 44 heavy (non-hydrogen) atoms. The molecular weight excluding hydrogens is 591 g/mol.